The van der Waals surface area contributed by atoms with Crippen LogP contribution in [-0.4, -0.2) is 53.0 Å². The number of hydrogen-bond donors (Lipinski definition) is 2. The molecule has 0 aliphatic heterocycles. The molecule has 0 aromatic carbocycles. The molecular weight excluding hydrogens is 228 g/mol. The Morgan fingerprint density at radius 2 is 2.06 bits per heavy atom. The Labute approximate surface area is 100 Å². The van der Waals surface area contributed by atoms with E-state index in [-0.39, 0.29) is 18.4 Å². The van der Waals surface area contributed by atoms with Gasteiger partial charge in [-0.2, -0.15) is 11.8 Å². The fourth-order valence-corrected chi connectivity index (χ4v) is 1.81. The number of nitrogens with two attached hydrogens (primary N) is 1. The summed E-state index contributed by atoms with van der Waals surface area (Å²) in [4.78, 5) is 23.7. The van der Waals surface area contributed by atoms with E-state index >= 15 is 0 Å². The Morgan fingerprint density at radius 1 is 1.50 bits per heavy atom. The molecule has 1 amide bonds. The number of hydrogen-bond acceptors (Lipinski definition) is 4. The number of rotatable bonds is 7. The van der Waals surface area contributed by atoms with Crippen LogP contribution in [0, 0.1) is 0 Å². The number of amides is 1. The van der Waals surface area contributed by atoms with Crippen LogP contribution in [-0.2, 0) is 9.59 Å². The molecule has 5 nitrogen and oxygen atoms in total. The third-order valence-electron chi connectivity index (χ3n) is 2.46. The predicted octanol–water partition coefficient (Wildman–Crippen LogP) is 0.388. The van der Waals surface area contributed by atoms with Gasteiger partial charge in [0, 0.05) is 13.1 Å². The van der Waals surface area contributed by atoms with Crippen molar-refractivity contribution in [2.75, 3.05) is 19.1 Å². The minimum absolute atomic E-state index is 0.0831. The molecule has 0 aromatic heterocycles. The summed E-state index contributed by atoms with van der Waals surface area (Å²) in [5, 5.41) is 8.54. The number of carboxylic acid groups (broad SMARTS) is 1. The molecule has 0 radical (unpaired) electrons. The molecule has 0 saturated heterocycles. The highest BCUT2D eigenvalue weighted by atomic mass is 32.2. The largest absolute Gasteiger partial charge is 0.481 e. The average molecular weight is 248 g/mol. The first-order chi connectivity index (χ1) is 7.40. The summed E-state index contributed by atoms with van der Waals surface area (Å²) in [6.07, 6.45) is 2.56. The van der Waals surface area contributed by atoms with Gasteiger partial charge in [-0.05, 0) is 25.4 Å². The van der Waals surface area contributed by atoms with Crippen LogP contribution in [0.25, 0.3) is 0 Å². The fourth-order valence-electron chi connectivity index (χ4n) is 1.24. The van der Waals surface area contributed by atoms with Gasteiger partial charge in [-0.15, -0.1) is 0 Å². The first kappa shape index (κ1) is 15.2. The van der Waals surface area contributed by atoms with Crippen molar-refractivity contribution in [3.8, 4) is 0 Å². The monoisotopic (exact) mass is 248 g/mol. The zero-order valence-corrected chi connectivity index (χ0v) is 10.8. The van der Waals surface area contributed by atoms with Crippen molar-refractivity contribution in [3.05, 3.63) is 0 Å². The second-order valence-corrected chi connectivity index (χ2v) is 4.77. The zero-order valence-electron chi connectivity index (χ0n) is 9.97. The molecule has 0 aliphatic rings. The van der Waals surface area contributed by atoms with Gasteiger partial charge in [0.15, 0.2) is 0 Å². The Balaban J connectivity index is 4.19. The Bertz CT molecular complexity index is 248. The molecule has 3 N–H and O–H groups in total. The van der Waals surface area contributed by atoms with E-state index in [0.717, 1.165) is 12.2 Å². The van der Waals surface area contributed by atoms with E-state index in [1.165, 1.54) is 4.90 Å². The van der Waals surface area contributed by atoms with Gasteiger partial charge >= 0.3 is 5.97 Å². The molecule has 0 aromatic rings. The molecule has 94 valence electrons. The molecule has 2 atom stereocenters. The van der Waals surface area contributed by atoms with Crippen LogP contribution in [0.5, 0.6) is 0 Å². The van der Waals surface area contributed by atoms with Crippen molar-refractivity contribution in [1.82, 2.24) is 4.90 Å². The van der Waals surface area contributed by atoms with Crippen LogP contribution >= 0.6 is 11.8 Å². The Morgan fingerprint density at radius 3 is 2.50 bits per heavy atom. The predicted molar refractivity (Wildman–Crippen MR) is 65.5 cm³/mol. The quantitative estimate of drug-likeness (QED) is 0.681. The second kappa shape index (κ2) is 7.51. The van der Waals surface area contributed by atoms with Crippen LogP contribution in [0.2, 0.25) is 0 Å². The Kier molecular flexibility index (Phi) is 7.16. The molecule has 0 saturated carbocycles. The number of carboxylic acids is 1. The SMILES string of the molecule is CSCCC(C)N(C)C(=O)C(N)CC(=O)O. The summed E-state index contributed by atoms with van der Waals surface area (Å²) in [5.41, 5.74) is 5.51. The van der Waals surface area contributed by atoms with Crippen molar-refractivity contribution in [1.29, 1.82) is 0 Å². The molecule has 0 aliphatic carbocycles. The maximum atomic E-state index is 11.7. The van der Waals surface area contributed by atoms with Crippen LogP contribution < -0.4 is 5.73 Å². The normalized spacial score (nSPS) is 14.2. The van der Waals surface area contributed by atoms with Crippen LogP contribution in [0.3, 0.4) is 0 Å². The van der Waals surface area contributed by atoms with E-state index in [4.69, 9.17) is 10.8 Å². The number of thioether (sulfide) groups is 1. The third-order valence-corrected chi connectivity index (χ3v) is 3.10. The van der Waals surface area contributed by atoms with E-state index in [9.17, 15) is 9.59 Å². The summed E-state index contributed by atoms with van der Waals surface area (Å²) >= 11 is 1.71. The zero-order chi connectivity index (χ0) is 12.7. The van der Waals surface area contributed by atoms with Gasteiger partial charge in [-0.1, -0.05) is 0 Å². The smallest absolute Gasteiger partial charge is 0.305 e. The molecule has 0 heterocycles. The topological polar surface area (TPSA) is 83.6 Å². The van der Waals surface area contributed by atoms with E-state index in [0.29, 0.717) is 0 Å². The molecule has 0 rings (SSSR count). The minimum Gasteiger partial charge on any atom is -0.481 e. The lowest BCUT2D eigenvalue weighted by Gasteiger charge is -2.27. The summed E-state index contributed by atoms with van der Waals surface area (Å²) < 4.78 is 0. The highest BCUT2D eigenvalue weighted by Crippen LogP contribution is 2.08. The minimum atomic E-state index is -1.05. The van der Waals surface area contributed by atoms with Crippen LogP contribution in [0.4, 0.5) is 0 Å². The highest BCUT2D eigenvalue weighted by Gasteiger charge is 2.23. The lowest BCUT2D eigenvalue weighted by Crippen LogP contribution is -2.46. The van der Waals surface area contributed by atoms with E-state index in [2.05, 4.69) is 0 Å². The second-order valence-electron chi connectivity index (χ2n) is 3.78. The summed E-state index contributed by atoms with van der Waals surface area (Å²) in [6, 6.07) is -0.862. The van der Waals surface area contributed by atoms with Crippen LogP contribution in [0.15, 0.2) is 0 Å². The molecule has 16 heavy (non-hydrogen) atoms. The maximum Gasteiger partial charge on any atom is 0.305 e. The lowest BCUT2D eigenvalue weighted by molar-refractivity contribution is -0.142. The fraction of sp³-hybridized carbons (Fsp3) is 0.800. The summed E-state index contributed by atoms with van der Waals surface area (Å²) in [6.45, 7) is 1.93. The molecule has 2 unspecified atom stereocenters. The van der Waals surface area contributed by atoms with E-state index in [1.807, 2.05) is 13.2 Å². The number of aliphatic carboxylic acids is 1. The average Bonchev–Trinajstić information content (AvgIpc) is 2.22. The first-order valence-corrected chi connectivity index (χ1v) is 6.52. The third kappa shape index (κ3) is 5.37. The molecule has 0 spiro atoms. The van der Waals surface area contributed by atoms with Crippen molar-refractivity contribution >= 4 is 23.6 Å². The van der Waals surface area contributed by atoms with Crippen molar-refractivity contribution < 1.29 is 14.7 Å². The van der Waals surface area contributed by atoms with Gasteiger partial charge in [0.2, 0.25) is 5.91 Å². The summed E-state index contributed by atoms with van der Waals surface area (Å²) in [7, 11) is 1.66. The molecular formula is C10H20N2O3S. The van der Waals surface area contributed by atoms with Gasteiger partial charge in [0.1, 0.15) is 0 Å². The molecule has 6 heteroatoms. The lowest BCUT2D eigenvalue weighted by atomic mass is 10.1. The molecule has 0 bridgehead atoms. The van der Waals surface area contributed by atoms with Gasteiger partial charge in [0.05, 0.1) is 12.5 Å². The standard InChI is InChI=1S/C10H20N2O3S/c1-7(4-5-16-3)12(2)10(15)8(11)6-9(13)14/h7-8H,4-6,11H2,1-3H3,(H,13,14). The van der Waals surface area contributed by atoms with Crippen molar-refractivity contribution in [2.24, 2.45) is 5.73 Å². The molecule has 0 fully saturated rings. The summed E-state index contributed by atoms with van der Waals surface area (Å²) in [5.74, 6) is -0.394. The van der Waals surface area contributed by atoms with Crippen molar-refractivity contribution in [2.45, 2.75) is 31.8 Å². The van der Waals surface area contributed by atoms with E-state index < -0.39 is 12.0 Å². The number of likely N-dealkylation sites (N-methyl/N-ethyl adjacent to an activating group) is 1. The van der Waals surface area contributed by atoms with Gasteiger partial charge in [0.25, 0.3) is 0 Å². The Hall–Kier alpha value is -0.750. The van der Waals surface area contributed by atoms with Gasteiger partial charge < -0.3 is 15.7 Å². The highest BCUT2D eigenvalue weighted by molar-refractivity contribution is 7.98. The maximum absolute atomic E-state index is 11.7. The number of nitrogens with zero attached hydrogens (tertiary/aromatic N) is 1. The number of carbonyl (C=O) groups is 2. The number of carbonyl (C=O) groups excluding carboxylic acids is 1. The van der Waals surface area contributed by atoms with Gasteiger partial charge in [-0.25, -0.2) is 0 Å². The van der Waals surface area contributed by atoms with Crippen molar-refractivity contribution in [3.63, 3.8) is 0 Å². The van der Waals surface area contributed by atoms with E-state index in [1.54, 1.807) is 18.8 Å². The van der Waals surface area contributed by atoms with Gasteiger partial charge in [-0.3, -0.25) is 9.59 Å². The van der Waals surface area contributed by atoms with Crippen LogP contribution in [0.1, 0.15) is 19.8 Å². The first-order valence-electron chi connectivity index (χ1n) is 5.13.